The van der Waals surface area contributed by atoms with E-state index in [-0.39, 0.29) is 11.5 Å². The van der Waals surface area contributed by atoms with Crippen molar-refractivity contribution in [3.63, 3.8) is 0 Å². The first-order valence-corrected chi connectivity index (χ1v) is 8.01. The molecule has 2 aromatic carbocycles. The summed E-state index contributed by atoms with van der Waals surface area (Å²) in [5, 5.41) is 3.27. The van der Waals surface area contributed by atoms with Gasteiger partial charge in [0.2, 0.25) is 0 Å². The average molecular weight is 317 g/mol. The molecule has 1 atom stereocenters. The molecule has 120 valence electrons. The second-order valence-corrected chi connectivity index (χ2v) is 6.21. The van der Waals surface area contributed by atoms with Crippen LogP contribution in [0.2, 0.25) is 0 Å². The van der Waals surface area contributed by atoms with Gasteiger partial charge < -0.3 is 4.90 Å². The predicted molar refractivity (Wildman–Crippen MR) is 98.0 cm³/mol. The molecule has 0 fully saturated rings. The minimum atomic E-state index is -0.0210. The number of fused-ring (bicyclic) bond motifs is 1. The van der Waals surface area contributed by atoms with E-state index in [2.05, 4.69) is 29.4 Å². The van der Waals surface area contributed by atoms with Crippen LogP contribution in [0.3, 0.4) is 0 Å². The van der Waals surface area contributed by atoms with Gasteiger partial charge in [0.25, 0.3) is 5.56 Å². The van der Waals surface area contributed by atoms with Crippen LogP contribution in [0.5, 0.6) is 0 Å². The van der Waals surface area contributed by atoms with Crippen LogP contribution in [0.25, 0.3) is 11.8 Å². The highest BCUT2D eigenvalue weighted by atomic mass is 16.1. The Labute approximate surface area is 140 Å². The van der Waals surface area contributed by atoms with E-state index in [1.54, 1.807) is 4.68 Å². The van der Waals surface area contributed by atoms with Crippen LogP contribution < -0.4 is 10.5 Å². The molecule has 1 aliphatic rings. The lowest BCUT2D eigenvalue weighted by Crippen LogP contribution is -2.19. The molecule has 4 rings (SSSR count). The molecule has 3 aromatic rings. The second-order valence-electron chi connectivity index (χ2n) is 6.21. The van der Waals surface area contributed by atoms with Crippen molar-refractivity contribution in [3.05, 3.63) is 87.7 Å². The molecule has 24 heavy (non-hydrogen) atoms. The Hall–Kier alpha value is -3.01. The number of H-pyrrole nitrogens is 1. The lowest BCUT2D eigenvalue weighted by Gasteiger charge is -2.15. The molecule has 0 aliphatic heterocycles. The predicted octanol–water partition coefficient (Wildman–Crippen LogP) is 3.39. The van der Waals surface area contributed by atoms with Gasteiger partial charge in [-0.2, -0.15) is 0 Å². The molecule has 0 saturated carbocycles. The van der Waals surface area contributed by atoms with Crippen LogP contribution in [-0.4, -0.2) is 23.9 Å². The smallest absolute Gasteiger partial charge is 0.277 e. The van der Waals surface area contributed by atoms with Crippen molar-refractivity contribution < 1.29 is 0 Å². The summed E-state index contributed by atoms with van der Waals surface area (Å²) in [6.45, 7) is 0. The van der Waals surface area contributed by atoms with Crippen LogP contribution in [0, 0.1) is 0 Å². The number of aromatic amines is 1. The summed E-state index contributed by atoms with van der Waals surface area (Å²) in [5.74, 6) is 0.822. The van der Waals surface area contributed by atoms with Gasteiger partial charge in [-0.15, -0.1) is 0 Å². The first-order chi connectivity index (χ1) is 11.7. The van der Waals surface area contributed by atoms with Crippen molar-refractivity contribution in [2.45, 2.75) is 5.92 Å². The maximum atomic E-state index is 13.2. The highest BCUT2D eigenvalue weighted by Crippen LogP contribution is 2.37. The topological polar surface area (TPSA) is 41.0 Å². The monoisotopic (exact) mass is 317 g/mol. The fraction of sp³-hybridized carbons (Fsp3) is 0.150. The zero-order valence-electron chi connectivity index (χ0n) is 13.7. The summed E-state index contributed by atoms with van der Waals surface area (Å²) in [7, 11) is 3.91. The quantitative estimate of drug-likeness (QED) is 0.804. The standard InChI is InChI=1S/C20H19N3O/c1-22(2)19-18(17-13-12-14-8-6-7-11-16(14)17)20(24)23(21-19)15-9-4-3-5-10-15/h3-13,17,21H,1-2H3. The molecule has 1 N–H and O–H groups in total. The Morgan fingerprint density at radius 3 is 2.46 bits per heavy atom. The van der Waals surface area contributed by atoms with Crippen molar-refractivity contribution >= 4 is 11.9 Å². The lowest BCUT2D eigenvalue weighted by atomic mass is 9.94. The molecule has 0 radical (unpaired) electrons. The van der Waals surface area contributed by atoms with E-state index in [4.69, 9.17) is 0 Å². The highest BCUT2D eigenvalue weighted by molar-refractivity contribution is 5.67. The van der Waals surface area contributed by atoms with Gasteiger partial charge in [-0.05, 0) is 23.3 Å². The van der Waals surface area contributed by atoms with Crippen LogP contribution in [0.4, 0.5) is 5.82 Å². The number of nitrogens with one attached hydrogen (secondary N) is 1. The van der Waals surface area contributed by atoms with E-state index in [0.717, 1.165) is 17.1 Å². The van der Waals surface area contributed by atoms with Crippen LogP contribution >= 0.6 is 0 Å². The third-order valence-electron chi connectivity index (χ3n) is 4.48. The maximum Gasteiger partial charge on any atom is 0.277 e. The number of allylic oxidation sites excluding steroid dienone is 1. The minimum Gasteiger partial charge on any atom is -0.363 e. The van der Waals surface area contributed by atoms with Crippen LogP contribution in [-0.2, 0) is 0 Å². The number of benzene rings is 2. The molecule has 1 aliphatic carbocycles. The lowest BCUT2D eigenvalue weighted by molar-refractivity contribution is 0.837. The zero-order chi connectivity index (χ0) is 16.7. The Balaban J connectivity index is 1.92. The number of anilines is 1. The second kappa shape index (κ2) is 5.57. The van der Waals surface area contributed by atoms with E-state index in [0.29, 0.717) is 0 Å². The summed E-state index contributed by atoms with van der Waals surface area (Å²) < 4.78 is 1.62. The average Bonchev–Trinajstić information content (AvgIpc) is 3.16. The fourth-order valence-electron chi connectivity index (χ4n) is 3.32. The molecule has 0 bridgehead atoms. The van der Waals surface area contributed by atoms with Crippen LogP contribution in [0.1, 0.15) is 22.6 Å². The molecule has 1 heterocycles. The first-order valence-electron chi connectivity index (χ1n) is 8.01. The van der Waals surface area contributed by atoms with Crippen molar-refractivity contribution in [1.82, 2.24) is 9.78 Å². The molecule has 1 aromatic heterocycles. The largest absolute Gasteiger partial charge is 0.363 e. The van der Waals surface area contributed by atoms with Gasteiger partial charge in [0.1, 0.15) is 5.82 Å². The third-order valence-corrected chi connectivity index (χ3v) is 4.48. The van der Waals surface area contributed by atoms with Crippen molar-refractivity contribution in [1.29, 1.82) is 0 Å². The normalized spacial score (nSPS) is 15.5. The van der Waals surface area contributed by atoms with E-state index in [1.807, 2.05) is 61.5 Å². The Morgan fingerprint density at radius 1 is 1.00 bits per heavy atom. The van der Waals surface area contributed by atoms with Crippen molar-refractivity contribution in [2.24, 2.45) is 0 Å². The summed E-state index contributed by atoms with van der Waals surface area (Å²) in [4.78, 5) is 15.1. The van der Waals surface area contributed by atoms with Gasteiger partial charge in [-0.1, -0.05) is 54.6 Å². The van der Waals surface area contributed by atoms with Crippen LogP contribution in [0.15, 0.2) is 65.5 Å². The maximum absolute atomic E-state index is 13.2. The van der Waals surface area contributed by atoms with E-state index in [9.17, 15) is 4.79 Å². The molecule has 1 unspecified atom stereocenters. The zero-order valence-corrected chi connectivity index (χ0v) is 13.7. The van der Waals surface area contributed by atoms with E-state index < -0.39 is 0 Å². The minimum absolute atomic E-state index is 0.00347. The fourth-order valence-corrected chi connectivity index (χ4v) is 3.32. The van der Waals surface area contributed by atoms with Gasteiger partial charge in [0, 0.05) is 20.0 Å². The van der Waals surface area contributed by atoms with Gasteiger partial charge in [-0.3, -0.25) is 9.89 Å². The van der Waals surface area contributed by atoms with E-state index >= 15 is 0 Å². The molecule has 0 saturated heterocycles. The summed E-state index contributed by atoms with van der Waals surface area (Å²) >= 11 is 0. The van der Waals surface area contributed by atoms with Crippen molar-refractivity contribution in [3.8, 4) is 5.69 Å². The van der Waals surface area contributed by atoms with Crippen molar-refractivity contribution in [2.75, 3.05) is 19.0 Å². The number of hydrogen-bond donors (Lipinski definition) is 1. The Morgan fingerprint density at radius 2 is 1.71 bits per heavy atom. The molecular formula is C20H19N3O. The van der Waals surface area contributed by atoms with Gasteiger partial charge in [0.15, 0.2) is 0 Å². The molecule has 0 amide bonds. The number of para-hydroxylation sites is 1. The number of aromatic nitrogens is 2. The number of nitrogens with zero attached hydrogens (tertiary/aromatic N) is 2. The highest BCUT2D eigenvalue weighted by Gasteiger charge is 2.28. The number of hydrogen-bond acceptors (Lipinski definition) is 2. The van der Waals surface area contributed by atoms with Gasteiger partial charge >= 0.3 is 0 Å². The Kier molecular flexibility index (Phi) is 3.38. The molecular weight excluding hydrogens is 298 g/mol. The SMILES string of the molecule is CN(C)c1[nH]n(-c2ccccc2)c(=O)c1C1C=Cc2ccccc21. The summed E-state index contributed by atoms with van der Waals surface area (Å²) in [6.07, 6.45) is 4.20. The Bertz CT molecular complexity index is 964. The molecule has 0 spiro atoms. The summed E-state index contributed by atoms with van der Waals surface area (Å²) in [6, 6.07) is 17.9. The van der Waals surface area contributed by atoms with Gasteiger partial charge in [-0.25, -0.2) is 4.68 Å². The van der Waals surface area contributed by atoms with Gasteiger partial charge in [0.05, 0.1) is 11.3 Å². The summed E-state index contributed by atoms with van der Waals surface area (Å²) in [5.41, 5.74) is 3.98. The number of rotatable bonds is 3. The first kappa shape index (κ1) is 14.6. The van der Waals surface area contributed by atoms with E-state index in [1.165, 1.54) is 11.1 Å². The molecule has 4 nitrogen and oxygen atoms in total. The molecule has 4 heteroatoms. The third kappa shape index (κ3) is 2.19.